The predicted octanol–water partition coefficient (Wildman–Crippen LogP) is 3.84. The van der Waals surface area contributed by atoms with Crippen molar-refractivity contribution >= 4 is 23.4 Å². The van der Waals surface area contributed by atoms with E-state index in [2.05, 4.69) is 28.8 Å². The summed E-state index contributed by atoms with van der Waals surface area (Å²) in [5.41, 5.74) is 1.35. The normalized spacial score (nSPS) is 27.5. The number of halogens is 1. The van der Waals surface area contributed by atoms with Gasteiger partial charge in [0.25, 0.3) is 0 Å². The molecule has 3 fully saturated rings. The van der Waals surface area contributed by atoms with Gasteiger partial charge in [0, 0.05) is 55.0 Å². The second-order valence-electron chi connectivity index (χ2n) is 7.48. The molecule has 0 N–H and O–H groups in total. The quantitative estimate of drug-likeness (QED) is 0.788. The maximum absolute atomic E-state index is 6.23. The van der Waals surface area contributed by atoms with Crippen LogP contribution < -0.4 is 0 Å². The van der Waals surface area contributed by atoms with Gasteiger partial charge in [0.05, 0.1) is 6.10 Å². The number of nitrogens with zero attached hydrogens (tertiary/aromatic N) is 1. The summed E-state index contributed by atoms with van der Waals surface area (Å²) in [5, 5.41) is 0.815. The lowest BCUT2D eigenvalue weighted by molar-refractivity contribution is -0.0133. The van der Waals surface area contributed by atoms with Crippen LogP contribution in [-0.2, 0) is 16.0 Å². The zero-order chi connectivity index (χ0) is 16.4. The Morgan fingerprint density at radius 1 is 1.21 bits per heavy atom. The van der Waals surface area contributed by atoms with E-state index in [1.54, 1.807) is 0 Å². The van der Waals surface area contributed by atoms with Crippen LogP contribution in [0.4, 0.5) is 0 Å². The first-order valence-electron chi connectivity index (χ1n) is 9.01. The minimum Gasteiger partial charge on any atom is -0.381 e. The molecule has 1 spiro atoms. The molecule has 1 atom stereocenters. The minimum absolute atomic E-state index is 0.451. The molecule has 4 rings (SSSR count). The van der Waals surface area contributed by atoms with Crippen LogP contribution in [0.15, 0.2) is 24.3 Å². The van der Waals surface area contributed by atoms with E-state index in [0.29, 0.717) is 16.8 Å². The first kappa shape index (κ1) is 17.2. The molecule has 3 aliphatic rings. The van der Waals surface area contributed by atoms with Crippen LogP contribution in [0.3, 0.4) is 0 Å². The third kappa shape index (κ3) is 4.10. The number of ether oxygens (including phenoxy) is 2. The number of thioether (sulfide) groups is 1. The Hall–Kier alpha value is -0.260. The van der Waals surface area contributed by atoms with Crippen LogP contribution in [-0.4, -0.2) is 54.4 Å². The fourth-order valence-electron chi connectivity index (χ4n) is 4.04. The molecule has 0 saturated carbocycles. The SMILES string of the molecule is Clc1ccc(CN2CC3(C[C@H](OCC4CCOCC4)CS3)C2)cc1. The molecule has 5 heteroatoms. The zero-order valence-corrected chi connectivity index (χ0v) is 15.7. The van der Waals surface area contributed by atoms with Crippen molar-refractivity contribution in [3.05, 3.63) is 34.9 Å². The first-order valence-corrected chi connectivity index (χ1v) is 10.4. The van der Waals surface area contributed by atoms with E-state index < -0.39 is 0 Å². The lowest BCUT2D eigenvalue weighted by atomic mass is 9.92. The van der Waals surface area contributed by atoms with Crippen molar-refractivity contribution in [3.63, 3.8) is 0 Å². The lowest BCUT2D eigenvalue weighted by Gasteiger charge is -2.47. The van der Waals surface area contributed by atoms with Gasteiger partial charge in [-0.2, -0.15) is 0 Å². The number of likely N-dealkylation sites (tertiary alicyclic amines) is 1. The molecular weight excluding hydrogens is 342 g/mol. The number of benzene rings is 1. The molecule has 0 aliphatic carbocycles. The van der Waals surface area contributed by atoms with Crippen LogP contribution >= 0.6 is 23.4 Å². The van der Waals surface area contributed by atoms with Crippen molar-refractivity contribution in [2.45, 2.75) is 36.7 Å². The standard InChI is InChI=1S/C19H26ClNO2S/c20-17-3-1-15(2-4-17)10-21-13-19(14-21)9-18(12-24-19)23-11-16-5-7-22-8-6-16/h1-4,16,18H,5-14H2/t18-/m0/s1. The Morgan fingerprint density at radius 2 is 1.96 bits per heavy atom. The van der Waals surface area contributed by atoms with Gasteiger partial charge in [-0.3, -0.25) is 4.90 Å². The maximum atomic E-state index is 6.23. The number of rotatable bonds is 5. The van der Waals surface area contributed by atoms with Crippen LogP contribution in [0.5, 0.6) is 0 Å². The molecule has 0 radical (unpaired) electrons. The summed E-state index contributed by atoms with van der Waals surface area (Å²) in [6, 6.07) is 8.23. The molecule has 1 aromatic rings. The summed E-state index contributed by atoms with van der Waals surface area (Å²) in [4.78, 5) is 2.54. The largest absolute Gasteiger partial charge is 0.381 e. The number of hydrogen-bond acceptors (Lipinski definition) is 4. The predicted molar refractivity (Wildman–Crippen MR) is 99.8 cm³/mol. The fraction of sp³-hybridized carbons (Fsp3) is 0.684. The highest BCUT2D eigenvalue weighted by Gasteiger charge is 2.49. The summed E-state index contributed by atoms with van der Waals surface area (Å²) >= 11 is 8.09. The smallest absolute Gasteiger partial charge is 0.0680 e. The van der Waals surface area contributed by atoms with Gasteiger partial charge in [-0.15, -0.1) is 11.8 Å². The molecule has 0 amide bonds. The topological polar surface area (TPSA) is 21.7 Å². The van der Waals surface area contributed by atoms with Gasteiger partial charge in [0.1, 0.15) is 0 Å². The van der Waals surface area contributed by atoms with Crippen molar-refractivity contribution in [1.29, 1.82) is 0 Å². The second-order valence-corrected chi connectivity index (χ2v) is 9.41. The van der Waals surface area contributed by atoms with E-state index >= 15 is 0 Å². The van der Waals surface area contributed by atoms with Gasteiger partial charge < -0.3 is 9.47 Å². The Labute approximate surface area is 154 Å². The molecule has 0 unspecified atom stereocenters. The summed E-state index contributed by atoms with van der Waals surface area (Å²) < 4.78 is 12.1. The highest BCUT2D eigenvalue weighted by molar-refractivity contribution is 8.01. The van der Waals surface area contributed by atoms with E-state index in [0.717, 1.165) is 37.1 Å². The van der Waals surface area contributed by atoms with Gasteiger partial charge in [0.15, 0.2) is 0 Å². The van der Waals surface area contributed by atoms with Gasteiger partial charge in [-0.1, -0.05) is 23.7 Å². The minimum atomic E-state index is 0.451. The Balaban J connectivity index is 1.19. The molecule has 3 saturated heterocycles. The third-order valence-corrected chi connectivity index (χ3v) is 7.25. The van der Waals surface area contributed by atoms with E-state index in [4.69, 9.17) is 21.1 Å². The molecule has 0 aromatic heterocycles. The van der Waals surface area contributed by atoms with Crippen molar-refractivity contribution in [1.82, 2.24) is 4.90 Å². The van der Waals surface area contributed by atoms with Crippen molar-refractivity contribution in [2.75, 3.05) is 38.7 Å². The highest BCUT2D eigenvalue weighted by atomic mass is 35.5. The Kier molecular flexibility index (Phi) is 5.40. The third-order valence-electron chi connectivity index (χ3n) is 5.43. The molecule has 3 nitrogen and oxygen atoms in total. The molecule has 3 aliphatic heterocycles. The first-order chi connectivity index (χ1) is 11.7. The summed E-state index contributed by atoms with van der Waals surface area (Å²) in [5.74, 6) is 1.88. The lowest BCUT2D eigenvalue weighted by Crippen LogP contribution is -2.58. The fourth-order valence-corrected chi connectivity index (χ4v) is 5.77. The van der Waals surface area contributed by atoms with Crippen LogP contribution in [0.25, 0.3) is 0 Å². The van der Waals surface area contributed by atoms with E-state index in [1.807, 2.05) is 12.1 Å². The monoisotopic (exact) mass is 367 g/mol. The summed E-state index contributed by atoms with van der Waals surface area (Å²) in [7, 11) is 0. The van der Waals surface area contributed by atoms with Gasteiger partial charge >= 0.3 is 0 Å². The van der Waals surface area contributed by atoms with Gasteiger partial charge in [0.2, 0.25) is 0 Å². The van der Waals surface area contributed by atoms with Crippen LogP contribution in [0.1, 0.15) is 24.8 Å². The van der Waals surface area contributed by atoms with Gasteiger partial charge in [-0.25, -0.2) is 0 Å². The molecular formula is C19H26ClNO2S. The Morgan fingerprint density at radius 3 is 2.71 bits per heavy atom. The van der Waals surface area contributed by atoms with Crippen molar-refractivity contribution in [3.8, 4) is 0 Å². The van der Waals surface area contributed by atoms with E-state index in [-0.39, 0.29) is 0 Å². The average Bonchev–Trinajstić information content (AvgIpc) is 3.00. The summed E-state index contributed by atoms with van der Waals surface area (Å²) in [6.07, 6.45) is 4.01. The van der Waals surface area contributed by atoms with E-state index in [9.17, 15) is 0 Å². The molecule has 1 aromatic carbocycles. The summed E-state index contributed by atoms with van der Waals surface area (Å²) in [6.45, 7) is 6.18. The average molecular weight is 368 g/mol. The highest BCUT2D eigenvalue weighted by Crippen LogP contribution is 2.46. The van der Waals surface area contributed by atoms with Gasteiger partial charge in [-0.05, 0) is 42.9 Å². The maximum Gasteiger partial charge on any atom is 0.0680 e. The molecule has 24 heavy (non-hydrogen) atoms. The second kappa shape index (κ2) is 7.55. The van der Waals surface area contributed by atoms with Crippen LogP contribution in [0, 0.1) is 5.92 Å². The number of hydrogen-bond donors (Lipinski definition) is 0. The Bertz CT molecular complexity index is 541. The van der Waals surface area contributed by atoms with E-state index in [1.165, 1.54) is 37.9 Å². The molecule has 132 valence electrons. The van der Waals surface area contributed by atoms with Crippen LogP contribution in [0.2, 0.25) is 5.02 Å². The molecule has 3 heterocycles. The molecule has 0 bridgehead atoms. The van der Waals surface area contributed by atoms with Crippen molar-refractivity contribution in [2.24, 2.45) is 5.92 Å². The van der Waals surface area contributed by atoms with Crippen molar-refractivity contribution < 1.29 is 9.47 Å². The zero-order valence-electron chi connectivity index (χ0n) is 14.1.